The van der Waals surface area contributed by atoms with Crippen molar-refractivity contribution in [2.24, 2.45) is 0 Å². The lowest BCUT2D eigenvalue weighted by molar-refractivity contribution is -0.134. The van der Waals surface area contributed by atoms with Crippen LogP contribution in [0.4, 0.5) is 0 Å². The third-order valence-electron chi connectivity index (χ3n) is 3.58. The lowest BCUT2D eigenvalue weighted by atomic mass is 10.1. The van der Waals surface area contributed by atoms with Gasteiger partial charge in [-0.15, -0.1) is 0 Å². The van der Waals surface area contributed by atoms with Crippen LogP contribution in [0.3, 0.4) is 0 Å². The van der Waals surface area contributed by atoms with E-state index in [1.807, 2.05) is 12.1 Å². The molecule has 3 rings (SSSR count). The Morgan fingerprint density at radius 3 is 2.50 bits per heavy atom. The highest BCUT2D eigenvalue weighted by atomic mass is 16.5. The van der Waals surface area contributed by atoms with Crippen molar-refractivity contribution in [2.45, 2.75) is 13.3 Å². The van der Waals surface area contributed by atoms with E-state index >= 15 is 0 Å². The first-order valence-corrected chi connectivity index (χ1v) is 7.53. The number of ether oxygens (including phenoxy) is 3. The largest absolute Gasteiger partial charge is 0.497 e. The summed E-state index contributed by atoms with van der Waals surface area (Å²) in [4.78, 5) is 23.7. The quantitative estimate of drug-likeness (QED) is 0.488. The minimum absolute atomic E-state index is 0.200. The van der Waals surface area contributed by atoms with Crippen LogP contribution in [0.2, 0.25) is 0 Å². The molecule has 1 aliphatic heterocycles. The number of esters is 1. The van der Waals surface area contributed by atoms with Crippen LogP contribution in [0, 0.1) is 0 Å². The van der Waals surface area contributed by atoms with Gasteiger partial charge in [0.1, 0.15) is 17.2 Å². The molecule has 0 unspecified atom stereocenters. The fourth-order valence-corrected chi connectivity index (χ4v) is 2.29. The van der Waals surface area contributed by atoms with Crippen LogP contribution < -0.4 is 14.2 Å². The summed E-state index contributed by atoms with van der Waals surface area (Å²) in [5.74, 6) is 1.18. The van der Waals surface area contributed by atoms with Crippen molar-refractivity contribution in [2.75, 3.05) is 7.11 Å². The average Bonchev–Trinajstić information content (AvgIpc) is 2.90. The molecule has 0 aliphatic carbocycles. The number of methoxy groups -OCH3 is 1. The van der Waals surface area contributed by atoms with Crippen LogP contribution in [0.1, 0.15) is 29.3 Å². The Hall–Kier alpha value is -3.08. The smallest absolute Gasteiger partial charge is 0.310 e. The van der Waals surface area contributed by atoms with E-state index in [1.165, 1.54) is 0 Å². The topological polar surface area (TPSA) is 61.8 Å². The average molecular weight is 324 g/mol. The lowest BCUT2D eigenvalue weighted by Crippen LogP contribution is -2.05. The molecule has 5 heteroatoms. The number of Topliss-reactive ketones (excluding diaryl/α,β-unsaturated/α-hetero) is 1. The number of rotatable bonds is 4. The molecule has 2 aromatic rings. The molecule has 0 spiro atoms. The minimum atomic E-state index is -0.340. The van der Waals surface area contributed by atoms with Crippen molar-refractivity contribution >= 4 is 17.8 Å². The molecule has 0 aromatic heterocycles. The number of hydrogen-bond donors (Lipinski definition) is 0. The van der Waals surface area contributed by atoms with Crippen molar-refractivity contribution < 1.29 is 23.8 Å². The minimum Gasteiger partial charge on any atom is -0.497 e. The van der Waals surface area contributed by atoms with Crippen LogP contribution in [0.5, 0.6) is 17.2 Å². The molecular weight excluding hydrogens is 308 g/mol. The molecule has 0 radical (unpaired) electrons. The molecular formula is C19H16O5. The van der Waals surface area contributed by atoms with Gasteiger partial charge in [-0.3, -0.25) is 9.59 Å². The molecule has 0 saturated heterocycles. The Morgan fingerprint density at radius 2 is 1.83 bits per heavy atom. The Labute approximate surface area is 139 Å². The predicted molar refractivity (Wildman–Crippen MR) is 88.3 cm³/mol. The summed E-state index contributed by atoms with van der Waals surface area (Å²) in [5.41, 5.74) is 1.27. The fraction of sp³-hybridized carbons (Fsp3) is 0.158. The Bertz CT molecular complexity index is 818. The van der Waals surface area contributed by atoms with Gasteiger partial charge in [-0.25, -0.2) is 0 Å². The summed E-state index contributed by atoms with van der Waals surface area (Å²) in [5, 5.41) is 0. The second kappa shape index (κ2) is 6.58. The van der Waals surface area contributed by atoms with E-state index in [2.05, 4.69) is 0 Å². The highest BCUT2D eigenvalue weighted by Crippen LogP contribution is 2.35. The third kappa shape index (κ3) is 3.15. The van der Waals surface area contributed by atoms with Crippen molar-refractivity contribution in [1.82, 2.24) is 0 Å². The number of carbonyl (C=O) groups excluding carboxylic acids is 2. The van der Waals surface area contributed by atoms with Gasteiger partial charge in [-0.2, -0.15) is 0 Å². The molecule has 0 amide bonds. The molecule has 0 N–H and O–H groups in total. The molecule has 0 fully saturated rings. The number of ketones is 1. The monoisotopic (exact) mass is 324 g/mol. The highest BCUT2D eigenvalue weighted by Gasteiger charge is 2.27. The summed E-state index contributed by atoms with van der Waals surface area (Å²) >= 11 is 0. The molecule has 122 valence electrons. The van der Waals surface area contributed by atoms with Crippen LogP contribution in [-0.4, -0.2) is 18.9 Å². The summed E-state index contributed by atoms with van der Waals surface area (Å²) in [6, 6.07) is 12.0. The molecule has 0 saturated carbocycles. The van der Waals surface area contributed by atoms with E-state index in [0.29, 0.717) is 17.1 Å². The summed E-state index contributed by atoms with van der Waals surface area (Å²) in [7, 11) is 1.59. The maximum atomic E-state index is 12.4. The van der Waals surface area contributed by atoms with Gasteiger partial charge >= 0.3 is 5.97 Å². The molecule has 1 heterocycles. The number of hydrogen-bond acceptors (Lipinski definition) is 5. The van der Waals surface area contributed by atoms with E-state index in [-0.39, 0.29) is 23.9 Å². The number of allylic oxidation sites excluding steroid dienone is 1. The standard InChI is InChI=1S/C19H16O5/c1-3-18(20)23-14-8-9-15-16(11-14)24-17(19(15)21)10-12-4-6-13(22-2)7-5-12/h4-11H,3H2,1-2H3. The van der Waals surface area contributed by atoms with Crippen LogP contribution >= 0.6 is 0 Å². The van der Waals surface area contributed by atoms with Crippen molar-refractivity contribution in [3.05, 3.63) is 59.4 Å². The van der Waals surface area contributed by atoms with Crippen molar-refractivity contribution in [3.63, 3.8) is 0 Å². The maximum absolute atomic E-state index is 12.4. The maximum Gasteiger partial charge on any atom is 0.310 e. The fourth-order valence-electron chi connectivity index (χ4n) is 2.29. The van der Waals surface area contributed by atoms with Gasteiger partial charge in [0.2, 0.25) is 5.78 Å². The van der Waals surface area contributed by atoms with E-state index in [1.54, 1.807) is 50.4 Å². The second-order valence-corrected chi connectivity index (χ2v) is 5.20. The lowest BCUT2D eigenvalue weighted by Gasteiger charge is -2.04. The molecule has 5 nitrogen and oxygen atoms in total. The highest BCUT2D eigenvalue weighted by molar-refractivity contribution is 6.14. The Kier molecular flexibility index (Phi) is 4.33. The Morgan fingerprint density at radius 1 is 1.12 bits per heavy atom. The van der Waals surface area contributed by atoms with Crippen LogP contribution in [-0.2, 0) is 4.79 Å². The van der Waals surface area contributed by atoms with Gasteiger partial charge in [-0.1, -0.05) is 19.1 Å². The van der Waals surface area contributed by atoms with Gasteiger partial charge in [0.15, 0.2) is 5.76 Å². The number of carbonyl (C=O) groups is 2. The van der Waals surface area contributed by atoms with E-state index in [0.717, 1.165) is 11.3 Å². The van der Waals surface area contributed by atoms with Gasteiger partial charge in [0.05, 0.1) is 12.7 Å². The van der Waals surface area contributed by atoms with Gasteiger partial charge in [0.25, 0.3) is 0 Å². The Balaban J connectivity index is 1.84. The van der Waals surface area contributed by atoms with Crippen molar-refractivity contribution in [3.8, 4) is 17.2 Å². The van der Waals surface area contributed by atoms with Crippen LogP contribution in [0.25, 0.3) is 6.08 Å². The molecule has 0 bridgehead atoms. The summed E-state index contributed by atoms with van der Waals surface area (Å²) in [6.45, 7) is 1.71. The van der Waals surface area contributed by atoms with Crippen molar-refractivity contribution in [1.29, 1.82) is 0 Å². The zero-order valence-corrected chi connectivity index (χ0v) is 13.4. The zero-order chi connectivity index (χ0) is 17.1. The molecule has 0 atom stereocenters. The van der Waals surface area contributed by atoms with Gasteiger partial charge < -0.3 is 14.2 Å². The normalized spacial score (nSPS) is 14.2. The summed E-state index contributed by atoms with van der Waals surface area (Å²) < 4.78 is 15.9. The summed E-state index contributed by atoms with van der Waals surface area (Å²) in [6.07, 6.45) is 1.94. The van der Waals surface area contributed by atoms with E-state index in [4.69, 9.17) is 14.2 Å². The molecule has 1 aliphatic rings. The first kappa shape index (κ1) is 15.8. The van der Waals surface area contributed by atoms with Gasteiger partial charge in [-0.05, 0) is 35.9 Å². The van der Waals surface area contributed by atoms with E-state index < -0.39 is 0 Å². The second-order valence-electron chi connectivity index (χ2n) is 5.20. The number of benzene rings is 2. The number of fused-ring (bicyclic) bond motifs is 1. The third-order valence-corrected chi connectivity index (χ3v) is 3.58. The first-order valence-electron chi connectivity index (χ1n) is 7.53. The molecule has 2 aromatic carbocycles. The van der Waals surface area contributed by atoms with Crippen LogP contribution in [0.15, 0.2) is 48.2 Å². The van der Waals surface area contributed by atoms with Gasteiger partial charge in [0, 0.05) is 12.5 Å². The SMILES string of the molecule is CCC(=O)Oc1ccc2c(c1)OC(=Cc1ccc(OC)cc1)C2=O. The zero-order valence-electron chi connectivity index (χ0n) is 13.4. The molecule has 24 heavy (non-hydrogen) atoms. The van der Waals surface area contributed by atoms with E-state index in [9.17, 15) is 9.59 Å². The predicted octanol–water partition coefficient (Wildman–Crippen LogP) is 3.63. The first-order chi connectivity index (χ1) is 11.6.